The van der Waals surface area contributed by atoms with Crippen LogP contribution in [0.4, 0.5) is 0 Å². The molecular weight excluding hydrogens is 163 g/mol. The Hall–Kier alpha value is 0.757. The molecule has 0 amide bonds. The minimum Gasteiger partial charge on any atom is -0.427 e. The van der Waals surface area contributed by atoms with Gasteiger partial charge in [-0.1, -0.05) is 6.55 Å². The Labute approximate surface area is 63.3 Å². The smallest absolute Gasteiger partial charge is 0.157 e. The van der Waals surface area contributed by atoms with E-state index in [0.717, 1.165) is 0 Å². The van der Waals surface area contributed by atoms with E-state index in [4.69, 9.17) is 23.2 Å². The maximum absolute atomic E-state index is 5.05. The SMILES string of the molecule is CO[SiH2]C.ClCCCl. The van der Waals surface area contributed by atoms with Crippen molar-refractivity contribution in [3.05, 3.63) is 0 Å². The van der Waals surface area contributed by atoms with Gasteiger partial charge in [-0.25, -0.2) is 0 Å². The molecule has 8 heavy (non-hydrogen) atoms. The molecule has 0 aliphatic heterocycles. The van der Waals surface area contributed by atoms with Crippen molar-refractivity contribution in [2.24, 2.45) is 0 Å². The van der Waals surface area contributed by atoms with Crippen molar-refractivity contribution in [3.8, 4) is 0 Å². The van der Waals surface area contributed by atoms with Gasteiger partial charge in [-0.15, -0.1) is 23.2 Å². The summed E-state index contributed by atoms with van der Waals surface area (Å²) < 4.78 is 4.68. The van der Waals surface area contributed by atoms with Crippen molar-refractivity contribution in [3.63, 3.8) is 0 Å². The molecule has 0 rings (SSSR count). The molecule has 0 heterocycles. The van der Waals surface area contributed by atoms with Gasteiger partial charge < -0.3 is 4.43 Å². The summed E-state index contributed by atoms with van der Waals surface area (Å²) in [7, 11) is 1.67. The zero-order valence-electron chi connectivity index (χ0n) is 5.29. The minimum atomic E-state index is -0.0756. The van der Waals surface area contributed by atoms with Crippen molar-refractivity contribution < 1.29 is 4.43 Å². The minimum absolute atomic E-state index is 0.0756. The second kappa shape index (κ2) is 15.7. The van der Waals surface area contributed by atoms with Gasteiger partial charge in [0.15, 0.2) is 9.76 Å². The van der Waals surface area contributed by atoms with Crippen LogP contribution in [0, 0.1) is 0 Å². The first-order valence-corrected chi connectivity index (χ1v) is 5.50. The molecule has 0 saturated heterocycles. The Morgan fingerprint density at radius 2 is 1.62 bits per heavy atom. The molecule has 0 radical (unpaired) electrons. The maximum Gasteiger partial charge on any atom is 0.157 e. The third kappa shape index (κ3) is 29.5. The van der Waals surface area contributed by atoms with Gasteiger partial charge in [0.05, 0.1) is 0 Å². The third-order valence-electron chi connectivity index (χ3n) is 0.360. The highest BCUT2D eigenvalue weighted by atomic mass is 35.5. The number of rotatable bonds is 2. The van der Waals surface area contributed by atoms with Crippen molar-refractivity contribution in [2.45, 2.75) is 6.55 Å². The Morgan fingerprint density at radius 1 is 1.38 bits per heavy atom. The second-order valence-electron chi connectivity index (χ2n) is 0.955. The van der Waals surface area contributed by atoms with E-state index in [1.807, 2.05) is 0 Å². The van der Waals surface area contributed by atoms with E-state index in [1.165, 1.54) is 0 Å². The van der Waals surface area contributed by atoms with Crippen LogP contribution in [-0.2, 0) is 4.43 Å². The van der Waals surface area contributed by atoms with Gasteiger partial charge in [-0.2, -0.15) is 0 Å². The molecule has 0 aliphatic rings. The first kappa shape index (κ1) is 11.5. The fraction of sp³-hybridized carbons (Fsp3) is 1.00. The van der Waals surface area contributed by atoms with Crippen molar-refractivity contribution in [1.82, 2.24) is 0 Å². The molecule has 0 aromatic carbocycles. The fourth-order valence-electron chi connectivity index (χ4n) is 0. The zero-order chi connectivity index (χ0) is 6.83. The van der Waals surface area contributed by atoms with E-state index in [9.17, 15) is 0 Å². The lowest BCUT2D eigenvalue weighted by Gasteiger charge is -1.75. The van der Waals surface area contributed by atoms with Crippen LogP contribution in [0.1, 0.15) is 0 Å². The summed E-state index contributed by atoms with van der Waals surface area (Å²) >= 11 is 10.1. The van der Waals surface area contributed by atoms with Crippen LogP contribution in [-0.4, -0.2) is 28.6 Å². The molecule has 0 aromatic rings. The molecule has 1 nitrogen and oxygen atoms in total. The lowest BCUT2D eigenvalue weighted by Crippen LogP contribution is -1.79. The molecule has 0 bridgehead atoms. The molecule has 0 N–H and O–H groups in total. The topological polar surface area (TPSA) is 9.23 Å². The van der Waals surface area contributed by atoms with E-state index in [2.05, 4.69) is 11.0 Å². The first-order valence-electron chi connectivity index (χ1n) is 2.44. The highest BCUT2D eigenvalue weighted by molar-refractivity contribution is 6.26. The van der Waals surface area contributed by atoms with Gasteiger partial charge in [-0.3, -0.25) is 0 Å². The molecule has 0 fully saturated rings. The summed E-state index contributed by atoms with van der Waals surface area (Å²) in [6, 6.07) is 0. The number of halogens is 2. The van der Waals surface area contributed by atoms with Crippen LogP contribution in [0.3, 0.4) is 0 Å². The van der Waals surface area contributed by atoms with E-state index in [0.29, 0.717) is 11.8 Å². The zero-order valence-corrected chi connectivity index (χ0v) is 8.21. The third-order valence-corrected chi connectivity index (χ3v) is 1.51. The Kier molecular flexibility index (Phi) is 22.6. The summed E-state index contributed by atoms with van der Waals surface area (Å²) in [4.78, 5) is 0. The highest BCUT2D eigenvalue weighted by Crippen LogP contribution is 1.75. The van der Waals surface area contributed by atoms with Crippen LogP contribution in [0.5, 0.6) is 0 Å². The average Bonchev–Trinajstić information content (AvgIpc) is 1.88. The predicted octanol–water partition coefficient (Wildman–Crippen LogP) is 1.23. The normalized spacial score (nSPS) is 9.00. The second-order valence-corrected chi connectivity index (χ2v) is 2.87. The van der Waals surface area contributed by atoms with Gasteiger partial charge >= 0.3 is 0 Å². The van der Waals surface area contributed by atoms with Crippen molar-refractivity contribution in [2.75, 3.05) is 18.9 Å². The average molecular weight is 175 g/mol. The molecule has 0 aliphatic carbocycles. The van der Waals surface area contributed by atoms with Gasteiger partial charge in [-0.05, 0) is 0 Å². The van der Waals surface area contributed by atoms with Crippen molar-refractivity contribution in [1.29, 1.82) is 0 Å². The monoisotopic (exact) mass is 174 g/mol. The lowest BCUT2D eigenvalue weighted by atomic mass is 11.0. The lowest BCUT2D eigenvalue weighted by molar-refractivity contribution is 0.446. The molecule has 0 spiro atoms. The van der Waals surface area contributed by atoms with Crippen LogP contribution in [0.2, 0.25) is 6.55 Å². The number of alkyl halides is 2. The van der Waals surface area contributed by atoms with E-state index < -0.39 is 0 Å². The highest BCUT2D eigenvalue weighted by Gasteiger charge is 1.61. The van der Waals surface area contributed by atoms with Gasteiger partial charge in [0, 0.05) is 18.9 Å². The van der Waals surface area contributed by atoms with E-state index in [1.54, 1.807) is 7.11 Å². The number of hydrogen-bond donors (Lipinski definition) is 0. The molecular formula is C4H12Cl2OSi. The van der Waals surface area contributed by atoms with E-state index in [-0.39, 0.29) is 9.76 Å². The van der Waals surface area contributed by atoms with E-state index >= 15 is 0 Å². The van der Waals surface area contributed by atoms with Gasteiger partial charge in [0.1, 0.15) is 0 Å². The van der Waals surface area contributed by atoms with Crippen molar-refractivity contribution >= 4 is 33.0 Å². The predicted molar refractivity (Wildman–Crippen MR) is 42.9 cm³/mol. The standard InChI is InChI=1S/C2H4Cl2.C2H8OSi/c3-1-2-4;1-3-4-2/h1-2H2;4H2,1-2H3. The Morgan fingerprint density at radius 3 is 1.62 bits per heavy atom. The molecule has 0 saturated carbocycles. The Bertz CT molecular complexity index is 22.0. The van der Waals surface area contributed by atoms with Gasteiger partial charge in [0.2, 0.25) is 0 Å². The quantitative estimate of drug-likeness (QED) is 0.453. The molecule has 0 aromatic heterocycles. The Balaban J connectivity index is 0. The van der Waals surface area contributed by atoms with Gasteiger partial charge in [0.25, 0.3) is 0 Å². The molecule has 4 heteroatoms. The molecule has 0 unspecified atom stereocenters. The van der Waals surface area contributed by atoms with Crippen LogP contribution >= 0.6 is 23.2 Å². The number of hydrogen-bond acceptors (Lipinski definition) is 1. The maximum atomic E-state index is 5.05. The molecule has 52 valence electrons. The summed E-state index contributed by atoms with van der Waals surface area (Å²) in [6.07, 6.45) is 0. The molecule has 0 atom stereocenters. The fourth-order valence-corrected chi connectivity index (χ4v) is 0. The summed E-state index contributed by atoms with van der Waals surface area (Å²) in [5, 5.41) is 0. The van der Waals surface area contributed by atoms with Crippen LogP contribution < -0.4 is 0 Å². The summed E-state index contributed by atoms with van der Waals surface area (Å²) in [5.74, 6) is 1.11. The van der Waals surface area contributed by atoms with Crippen LogP contribution in [0.15, 0.2) is 0 Å². The van der Waals surface area contributed by atoms with Crippen LogP contribution in [0.25, 0.3) is 0 Å². The summed E-state index contributed by atoms with van der Waals surface area (Å²) in [5.41, 5.74) is 0. The first-order chi connectivity index (χ1) is 3.83. The summed E-state index contributed by atoms with van der Waals surface area (Å²) in [6.45, 7) is 2.10. The largest absolute Gasteiger partial charge is 0.427 e.